The van der Waals surface area contributed by atoms with Crippen molar-refractivity contribution >= 4 is 17.8 Å². The second kappa shape index (κ2) is 5.72. The van der Waals surface area contributed by atoms with Gasteiger partial charge in [-0.15, -0.1) is 0 Å². The molecule has 1 aromatic rings. The van der Waals surface area contributed by atoms with Crippen LogP contribution in [0.1, 0.15) is 36.1 Å². The van der Waals surface area contributed by atoms with E-state index in [9.17, 15) is 14.4 Å². The first-order valence-corrected chi connectivity index (χ1v) is 6.20. The third-order valence-corrected chi connectivity index (χ3v) is 3.10. The zero-order chi connectivity index (χ0) is 14.7. The number of likely N-dealkylation sites (tertiary alicyclic amines) is 1. The number of ether oxygens (including phenoxy) is 1. The number of aromatic nitrogens is 2. The lowest BCUT2D eigenvalue weighted by atomic mass is 10.2. The van der Waals surface area contributed by atoms with Crippen LogP contribution in [-0.2, 0) is 16.1 Å². The molecule has 0 unspecified atom stereocenters. The minimum atomic E-state index is -1.12. The van der Waals surface area contributed by atoms with Crippen molar-refractivity contribution in [2.45, 2.75) is 32.4 Å². The summed E-state index contributed by atoms with van der Waals surface area (Å²) in [6.07, 6.45) is 1.40. The number of esters is 1. The molecule has 0 bridgehead atoms. The number of aromatic amines is 1. The lowest BCUT2D eigenvalue weighted by molar-refractivity contribution is -0.149. The predicted octanol–water partition coefficient (Wildman–Crippen LogP) is 0.798. The highest BCUT2D eigenvalue weighted by Crippen LogP contribution is 2.18. The fraction of sp³-hybridized carbons (Fsp3) is 0.500. The highest BCUT2D eigenvalue weighted by molar-refractivity contribution is 5.90. The largest absolute Gasteiger partial charge is 0.465 e. The van der Waals surface area contributed by atoms with Crippen molar-refractivity contribution in [1.82, 2.24) is 14.9 Å². The van der Waals surface area contributed by atoms with Crippen LogP contribution in [-0.4, -0.2) is 50.4 Å². The number of hydrogen-bond donors (Lipinski definition) is 2. The highest BCUT2D eigenvalue weighted by Gasteiger charge is 2.35. The normalized spacial score (nSPS) is 18.1. The Kier molecular flexibility index (Phi) is 4.02. The molecule has 2 rings (SSSR count). The molecular formula is C12H15N3O5. The van der Waals surface area contributed by atoms with Crippen molar-refractivity contribution in [1.29, 1.82) is 0 Å². The lowest BCUT2D eigenvalue weighted by Gasteiger charge is -2.19. The molecule has 1 aliphatic rings. The van der Waals surface area contributed by atoms with Gasteiger partial charge in [0.05, 0.1) is 11.9 Å². The summed E-state index contributed by atoms with van der Waals surface area (Å²) in [7, 11) is 0. The van der Waals surface area contributed by atoms with Gasteiger partial charge in [0, 0.05) is 13.5 Å². The molecule has 1 aromatic heterocycles. The van der Waals surface area contributed by atoms with E-state index < -0.39 is 18.1 Å². The average Bonchev–Trinajstić information content (AvgIpc) is 3.04. The molecule has 2 heterocycles. The van der Waals surface area contributed by atoms with Gasteiger partial charge in [-0.3, -0.25) is 9.69 Å². The summed E-state index contributed by atoms with van der Waals surface area (Å²) in [5.41, 5.74) is 0.489. The molecular weight excluding hydrogens is 266 g/mol. The zero-order valence-electron chi connectivity index (χ0n) is 11.0. The van der Waals surface area contributed by atoms with Crippen LogP contribution in [0.2, 0.25) is 0 Å². The first kappa shape index (κ1) is 14.0. The van der Waals surface area contributed by atoms with E-state index in [1.54, 1.807) is 0 Å². The topological polar surface area (TPSA) is 113 Å². The quantitative estimate of drug-likeness (QED) is 0.623. The van der Waals surface area contributed by atoms with E-state index in [1.165, 1.54) is 13.1 Å². The fourth-order valence-corrected chi connectivity index (χ4v) is 2.10. The Morgan fingerprint density at radius 3 is 2.90 bits per heavy atom. The van der Waals surface area contributed by atoms with E-state index in [0.29, 0.717) is 25.1 Å². The first-order valence-electron chi connectivity index (χ1n) is 6.20. The van der Waals surface area contributed by atoms with Gasteiger partial charge in [-0.05, 0) is 12.8 Å². The number of Topliss-reactive ketones (excluding diaryl/α,β-unsaturated/α-hetero) is 1. The van der Waals surface area contributed by atoms with Gasteiger partial charge in [-0.1, -0.05) is 0 Å². The van der Waals surface area contributed by atoms with Crippen LogP contribution in [0, 0.1) is 0 Å². The number of imidazole rings is 1. The second-order valence-electron chi connectivity index (χ2n) is 4.55. The molecule has 108 valence electrons. The molecule has 0 saturated carbocycles. The highest BCUT2D eigenvalue weighted by atomic mass is 16.5. The van der Waals surface area contributed by atoms with Gasteiger partial charge in [0.2, 0.25) is 0 Å². The van der Waals surface area contributed by atoms with Crippen molar-refractivity contribution in [2.75, 3.05) is 6.54 Å². The average molecular weight is 281 g/mol. The van der Waals surface area contributed by atoms with E-state index in [0.717, 1.165) is 4.90 Å². The Morgan fingerprint density at radius 1 is 1.55 bits per heavy atom. The van der Waals surface area contributed by atoms with Crippen LogP contribution in [0.4, 0.5) is 4.79 Å². The maximum atomic E-state index is 11.8. The fourth-order valence-electron chi connectivity index (χ4n) is 2.10. The number of carboxylic acid groups (broad SMARTS) is 1. The molecule has 2 N–H and O–H groups in total. The van der Waals surface area contributed by atoms with Gasteiger partial charge >= 0.3 is 12.1 Å². The van der Waals surface area contributed by atoms with E-state index >= 15 is 0 Å². The maximum Gasteiger partial charge on any atom is 0.408 e. The Labute approximate surface area is 114 Å². The molecule has 0 spiro atoms. The Morgan fingerprint density at radius 2 is 2.30 bits per heavy atom. The van der Waals surface area contributed by atoms with Crippen molar-refractivity contribution in [3.63, 3.8) is 0 Å². The van der Waals surface area contributed by atoms with Crippen LogP contribution < -0.4 is 0 Å². The molecule has 1 atom stereocenters. The summed E-state index contributed by atoms with van der Waals surface area (Å²) in [4.78, 5) is 41.5. The van der Waals surface area contributed by atoms with Gasteiger partial charge in [0.25, 0.3) is 0 Å². The van der Waals surface area contributed by atoms with Crippen molar-refractivity contribution in [2.24, 2.45) is 0 Å². The zero-order valence-corrected chi connectivity index (χ0v) is 11.0. The van der Waals surface area contributed by atoms with Crippen LogP contribution in [0.3, 0.4) is 0 Å². The number of hydrogen-bond acceptors (Lipinski definition) is 5. The van der Waals surface area contributed by atoms with Crippen molar-refractivity contribution in [3.8, 4) is 0 Å². The standard InChI is InChI=1S/C12H15N3O5/c1-7(16)10-13-5-8(14-10)6-20-11(17)9-3-2-4-15(9)12(18)19/h5,9H,2-4,6H2,1H3,(H,13,14)(H,18,19)/t9-/m0/s1. The smallest absolute Gasteiger partial charge is 0.408 e. The molecule has 8 heteroatoms. The number of ketones is 1. The number of H-pyrrole nitrogens is 1. The minimum Gasteiger partial charge on any atom is -0.465 e. The van der Waals surface area contributed by atoms with E-state index in [4.69, 9.17) is 9.84 Å². The second-order valence-corrected chi connectivity index (χ2v) is 4.55. The summed E-state index contributed by atoms with van der Waals surface area (Å²) in [6.45, 7) is 1.65. The molecule has 0 radical (unpaired) electrons. The van der Waals surface area contributed by atoms with E-state index in [2.05, 4.69) is 9.97 Å². The number of rotatable bonds is 4. The summed E-state index contributed by atoms with van der Waals surface area (Å²) in [6, 6.07) is -0.748. The van der Waals surface area contributed by atoms with Crippen molar-refractivity contribution < 1.29 is 24.2 Å². The summed E-state index contributed by atoms with van der Waals surface area (Å²) >= 11 is 0. The monoisotopic (exact) mass is 281 g/mol. The summed E-state index contributed by atoms with van der Waals surface area (Å²) < 4.78 is 5.06. The SMILES string of the molecule is CC(=O)c1ncc(COC(=O)[C@@H]2CCCN2C(=O)O)[nH]1. The van der Waals surface area contributed by atoms with Gasteiger partial charge in [-0.25, -0.2) is 14.6 Å². The minimum absolute atomic E-state index is 0.0664. The molecule has 1 saturated heterocycles. The number of nitrogens with zero attached hydrogens (tertiary/aromatic N) is 2. The molecule has 20 heavy (non-hydrogen) atoms. The van der Waals surface area contributed by atoms with Crippen molar-refractivity contribution in [3.05, 3.63) is 17.7 Å². The number of nitrogens with one attached hydrogen (secondary N) is 1. The molecule has 1 amide bonds. The molecule has 1 fully saturated rings. The van der Waals surface area contributed by atoms with Crippen LogP contribution >= 0.6 is 0 Å². The number of carbonyl (C=O) groups excluding carboxylic acids is 2. The third kappa shape index (κ3) is 2.95. The first-order chi connectivity index (χ1) is 9.49. The van der Waals surface area contributed by atoms with Crippen LogP contribution in [0.25, 0.3) is 0 Å². The predicted molar refractivity (Wildman–Crippen MR) is 66.1 cm³/mol. The maximum absolute atomic E-state index is 11.8. The molecule has 0 aromatic carbocycles. The van der Waals surface area contributed by atoms with Crippen LogP contribution in [0.5, 0.6) is 0 Å². The van der Waals surface area contributed by atoms with Crippen LogP contribution in [0.15, 0.2) is 6.20 Å². The van der Waals surface area contributed by atoms with Gasteiger partial charge in [-0.2, -0.15) is 0 Å². The molecule has 1 aliphatic heterocycles. The number of carbonyl (C=O) groups is 3. The Hall–Kier alpha value is -2.38. The Bertz CT molecular complexity index is 539. The van der Waals surface area contributed by atoms with Gasteiger partial charge < -0.3 is 14.8 Å². The molecule has 8 nitrogen and oxygen atoms in total. The van der Waals surface area contributed by atoms with Gasteiger partial charge in [0.1, 0.15) is 12.6 Å². The summed E-state index contributed by atoms with van der Waals surface area (Å²) in [5, 5.41) is 8.95. The van der Waals surface area contributed by atoms with E-state index in [-0.39, 0.29) is 18.2 Å². The third-order valence-electron chi connectivity index (χ3n) is 3.10. The lowest BCUT2D eigenvalue weighted by Crippen LogP contribution is -2.40. The van der Waals surface area contributed by atoms with E-state index in [1.807, 2.05) is 0 Å². The Balaban J connectivity index is 1.91. The summed E-state index contributed by atoms with van der Waals surface area (Å²) in [5.74, 6) is -0.594. The van der Waals surface area contributed by atoms with Gasteiger partial charge in [0.15, 0.2) is 11.6 Å². The molecule has 0 aliphatic carbocycles. The number of amides is 1.